The summed E-state index contributed by atoms with van der Waals surface area (Å²) in [5, 5.41) is 0. The molecule has 0 N–H and O–H groups in total. The normalized spacial score (nSPS) is 14.4. The van der Waals surface area contributed by atoms with Gasteiger partial charge in [-0.25, -0.2) is 0 Å². The van der Waals surface area contributed by atoms with E-state index < -0.39 is 0 Å². The van der Waals surface area contributed by atoms with Crippen LogP contribution in [0.5, 0.6) is 0 Å². The van der Waals surface area contributed by atoms with E-state index >= 15 is 0 Å². The third kappa shape index (κ3) is 3.59. The van der Waals surface area contributed by atoms with Gasteiger partial charge in [-0.1, -0.05) is 0 Å². The molecule has 22 heavy (non-hydrogen) atoms. The lowest BCUT2D eigenvalue weighted by atomic mass is 10.2. The fourth-order valence-corrected chi connectivity index (χ4v) is 2.58. The van der Waals surface area contributed by atoms with Gasteiger partial charge in [-0.05, 0) is 44.4 Å². The standard InChI is InChI=1S/C17H25N3O2/c1-12-10-14(13(2)20(12)15-7-8-15)6-9-16(21)19(5)11-17(22)18(3)4/h6,9-10,15H,7-8,11H2,1-5H3/b9-6+. The van der Waals surface area contributed by atoms with E-state index in [1.807, 2.05) is 6.08 Å². The minimum atomic E-state index is -0.161. The molecule has 0 aliphatic heterocycles. The van der Waals surface area contributed by atoms with Gasteiger partial charge in [0.1, 0.15) is 0 Å². The topological polar surface area (TPSA) is 45.6 Å². The molecule has 120 valence electrons. The number of aromatic nitrogens is 1. The van der Waals surface area contributed by atoms with Crippen LogP contribution in [0.1, 0.15) is 35.8 Å². The first-order chi connectivity index (χ1) is 10.3. The van der Waals surface area contributed by atoms with Crippen LogP contribution in [0.15, 0.2) is 12.1 Å². The van der Waals surface area contributed by atoms with Crippen molar-refractivity contribution in [3.05, 3.63) is 29.1 Å². The Kier molecular flexibility index (Phi) is 4.74. The summed E-state index contributed by atoms with van der Waals surface area (Å²) >= 11 is 0. The van der Waals surface area contributed by atoms with Gasteiger partial charge in [-0.15, -0.1) is 0 Å². The van der Waals surface area contributed by atoms with Gasteiger partial charge in [0, 0.05) is 44.6 Å². The Hall–Kier alpha value is -2.04. The van der Waals surface area contributed by atoms with E-state index in [2.05, 4.69) is 24.5 Å². The Labute approximate surface area is 132 Å². The molecule has 1 saturated carbocycles. The molecule has 1 heterocycles. The zero-order valence-electron chi connectivity index (χ0n) is 14.1. The fourth-order valence-electron chi connectivity index (χ4n) is 2.58. The first-order valence-electron chi connectivity index (χ1n) is 7.63. The minimum absolute atomic E-state index is 0.0869. The van der Waals surface area contributed by atoms with E-state index in [0.717, 1.165) is 5.56 Å². The molecular formula is C17H25N3O2. The van der Waals surface area contributed by atoms with Gasteiger partial charge in [-0.3, -0.25) is 9.59 Å². The number of carbonyl (C=O) groups is 2. The van der Waals surface area contributed by atoms with E-state index in [1.54, 1.807) is 27.2 Å². The number of likely N-dealkylation sites (N-methyl/N-ethyl adjacent to an activating group) is 2. The molecule has 1 aromatic rings. The van der Waals surface area contributed by atoms with E-state index in [-0.39, 0.29) is 18.4 Å². The highest BCUT2D eigenvalue weighted by atomic mass is 16.2. The second-order valence-corrected chi connectivity index (χ2v) is 6.24. The molecular weight excluding hydrogens is 278 g/mol. The summed E-state index contributed by atoms with van der Waals surface area (Å²) in [6.07, 6.45) is 5.88. The van der Waals surface area contributed by atoms with Crippen LogP contribution in [0, 0.1) is 13.8 Å². The Morgan fingerprint density at radius 1 is 1.27 bits per heavy atom. The maximum absolute atomic E-state index is 12.1. The van der Waals surface area contributed by atoms with Crippen molar-refractivity contribution >= 4 is 17.9 Å². The molecule has 5 heteroatoms. The lowest BCUT2D eigenvalue weighted by molar-refractivity contribution is -0.135. The van der Waals surface area contributed by atoms with Crippen LogP contribution in [0.4, 0.5) is 0 Å². The van der Waals surface area contributed by atoms with Crippen LogP contribution in [0.25, 0.3) is 6.08 Å². The van der Waals surface area contributed by atoms with Crippen LogP contribution in [0.2, 0.25) is 0 Å². The Morgan fingerprint density at radius 2 is 1.91 bits per heavy atom. The third-order valence-electron chi connectivity index (χ3n) is 4.09. The first kappa shape index (κ1) is 16.3. The Balaban J connectivity index is 2.03. The number of aryl methyl sites for hydroxylation is 1. The first-order valence-corrected chi connectivity index (χ1v) is 7.63. The van der Waals surface area contributed by atoms with Gasteiger partial charge in [-0.2, -0.15) is 0 Å². The molecule has 1 aliphatic carbocycles. The summed E-state index contributed by atoms with van der Waals surface area (Å²) in [4.78, 5) is 26.6. The van der Waals surface area contributed by atoms with Gasteiger partial charge in [0.25, 0.3) is 0 Å². The molecule has 0 unspecified atom stereocenters. The summed E-state index contributed by atoms with van der Waals surface area (Å²) in [5.41, 5.74) is 3.52. The zero-order valence-corrected chi connectivity index (χ0v) is 14.1. The number of rotatable bonds is 5. The second kappa shape index (κ2) is 6.38. The van der Waals surface area contributed by atoms with Crippen molar-refractivity contribution in [2.75, 3.05) is 27.7 Å². The zero-order chi connectivity index (χ0) is 16.4. The van der Waals surface area contributed by atoms with Crippen molar-refractivity contribution in [2.24, 2.45) is 0 Å². The predicted octanol–water partition coefficient (Wildman–Crippen LogP) is 2.00. The highest BCUT2D eigenvalue weighted by molar-refractivity contribution is 5.94. The van der Waals surface area contributed by atoms with Crippen molar-refractivity contribution < 1.29 is 9.59 Å². The molecule has 1 aromatic heterocycles. The van der Waals surface area contributed by atoms with Crippen LogP contribution in [0.3, 0.4) is 0 Å². The van der Waals surface area contributed by atoms with Crippen LogP contribution in [-0.4, -0.2) is 53.9 Å². The molecule has 1 fully saturated rings. The van der Waals surface area contributed by atoms with E-state index in [9.17, 15) is 9.59 Å². The predicted molar refractivity (Wildman–Crippen MR) is 87.5 cm³/mol. The van der Waals surface area contributed by atoms with Gasteiger partial charge in [0.2, 0.25) is 11.8 Å². The maximum atomic E-state index is 12.1. The molecule has 1 aliphatic rings. The summed E-state index contributed by atoms with van der Waals surface area (Å²) in [7, 11) is 5.01. The van der Waals surface area contributed by atoms with E-state index in [1.165, 1.54) is 34.0 Å². The number of nitrogens with zero attached hydrogens (tertiary/aromatic N) is 3. The minimum Gasteiger partial charge on any atom is -0.347 e. The average molecular weight is 303 g/mol. The van der Waals surface area contributed by atoms with Crippen molar-refractivity contribution in [3.63, 3.8) is 0 Å². The van der Waals surface area contributed by atoms with Gasteiger partial charge in [0.05, 0.1) is 6.54 Å². The van der Waals surface area contributed by atoms with Crippen molar-refractivity contribution in [3.8, 4) is 0 Å². The monoisotopic (exact) mass is 303 g/mol. The van der Waals surface area contributed by atoms with Crippen molar-refractivity contribution in [2.45, 2.75) is 32.7 Å². The molecule has 0 saturated heterocycles. The van der Waals surface area contributed by atoms with Crippen LogP contribution < -0.4 is 0 Å². The Morgan fingerprint density at radius 3 is 2.45 bits per heavy atom. The lowest BCUT2D eigenvalue weighted by Crippen LogP contribution is -2.36. The molecule has 0 atom stereocenters. The fraction of sp³-hybridized carbons (Fsp3) is 0.529. The quantitative estimate of drug-likeness (QED) is 0.781. The number of hydrogen-bond acceptors (Lipinski definition) is 2. The van der Waals surface area contributed by atoms with Crippen molar-refractivity contribution in [1.29, 1.82) is 0 Å². The highest BCUT2D eigenvalue weighted by Crippen LogP contribution is 2.38. The highest BCUT2D eigenvalue weighted by Gasteiger charge is 2.26. The summed E-state index contributed by atoms with van der Waals surface area (Å²) in [6, 6.07) is 2.75. The molecule has 2 amide bonds. The number of hydrogen-bond donors (Lipinski definition) is 0. The van der Waals surface area contributed by atoms with Crippen molar-refractivity contribution in [1.82, 2.24) is 14.4 Å². The second-order valence-electron chi connectivity index (χ2n) is 6.24. The van der Waals surface area contributed by atoms with Gasteiger partial charge in [0.15, 0.2) is 0 Å². The van der Waals surface area contributed by atoms with Gasteiger partial charge < -0.3 is 14.4 Å². The summed E-state index contributed by atoms with van der Waals surface area (Å²) in [6.45, 7) is 4.29. The van der Waals surface area contributed by atoms with Crippen LogP contribution in [-0.2, 0) is 9.59 Å². The largest absolute Gasteiger partial charge is 0.347 e. The van der Waals surface area contributed by atoms with E-state index in [4.69, 9.17) is 0 Å². The Bertz CT molecular complexity index is 610. The third-order valence-corrected chi connectivity index (χ3v) is 4.09. The smallest absolute Gasteiger partial charge is 0.246 e. The lowest BCUT2D eigenvalue weighted by Gasteiger charge is -2.17. The number of carbonyl (C=O) groups excluding carboxylic acids is 2. The average Bonchev–Trinajstić information content (AvgIpc) is 3.23. The summed E-state index contributed by atoms with van der Waals surface area (Å²) in [5.74, 6) is -0.248. The SMILES string of the molecule is Cc1cc(/C=C/C(=O)N(C)CC(=O)N(C)C)c(C)n1C1CC1. The van der Waals surface area contributed by atoms with E-state index in [0.29, 0.717) is 6.04 Å². The summed E-state index contributed by atoms with van der Waals surface area (Å²) < 4.78 is 2.35. The molecule has 5 nitrogen and oxygen atoms in total. The number of amides is 2. The maximum Gasteiger partial charge on any atom is 0.246 e. The molecule has 0 radical (unpaired) electrons. The molecule has 0 spiro atoms. The van der Waals surface area contributed by atoms with Crippen LogP contribution >= 0.6 is 0 Å². The molecule has 2 rings (SSSR count). The van der Waals surface area contributed by atoms with Gasteiger partial charge >= 0.3 is 0 Å². The molecule has 0 bridgehead atoms. The molecule has 0 aromatic carbocycles.